The first-order valence-electron chi connectivity index (χ1n) is 8.55. The van der Waals surface area contributed by atoms with Crippen molar-refractivity contribution in [3.8, 4) is 5.75 Å². The summed E-state index contributed by atoms with van der Waals surface area (Å²) in [5.41, 5.74) is 0.0954. The van der Waals surface area contributed by atoms with Crippen molar-refractivity contribution in [3.63, 3.8) is 0 Å². The monoisotopic (exact) mass is 332 g/mol. The Morgan fingerprint density at radius 3 is 2.71 bits per heavy atom. The molecule has 1 aromatic rings. The minimum atomic E-state index is -0.812. The molecule has 1 aromatic carbocycles. The average Bonchev–Trinajstić information content (AvgIpc) is 3.13. The van der Waals surface area contributed by atoms with Gasteiger partial charge in [0, 0.05) is 6.54 Å². The van der Waals surface area contributed by atoms with Gasteiger partial charge in [-0.3, -0.25) is 9.69 Å². The molecule has 3 atom stereocenters. The molecule has 2 saturated heterocycles. The highest BCUT2D eigenvalue weighted by Crippen LogP contribution is 2.46. The Morgan fingerprint density at radius 1 is 1.42 bits per heavy atom. The zero-order valence-electron chi connectivity index (χ0n) is 14.1. The van der Waals surface area contributed by atoms with Gasteiger partial charge in [-0.25, -0.2) is 4.79 Å². The van der Waals surface area contributed by atoms with Crippen LogP contribution in [-0.2, 0) is 9.53 Å². The maximum Gasteiger partial charge on any atom is 0.411 e. The molecule has 0 aromatic heterocycles. The number of hydrogen-bond donors (Lipinski definition) is 2. The summed E-state index contributed by atoms with van der Waals surface area (Å²) in [5.74, 6) is 0.0867. The molecule has 0 saturated carbocycles. The van der Waals surface area contributed by atoms with E-state index in [1.165, 1.54) is 0 Å². The first-order chi connectivity index (χ1) is 11.5. The fourth-order valence-corrected chi connectivity index (χ4v) is 3.68. The van der Waals surface area contributed by atoms with Gasteiger partial charge in [-0.2, -0.15) is 0 Å². The van der Waals surface area contributed by atoms with Crippen LogP contribution in [0.15, 0.2) is 24.3 Å². The van der Waals surface area contributed by atoms with Gasteiger partial charge in [-0.05, 0) is 50.3 Å². The van der Waals surface area contributed by atoms with Crippen molar-refractivity contribution in [1.29, 1.82) is 0 Å². The summed E-state index contributed by atoms with van der Waals surface area (Å²) in [5, 5.41) is 12.4. The van der Waals surface area contributed by atoms with E-state index in [9.17, 15) is 14.7 Å². The van der Waals surface area contributed by atoms with E-state index in [4.69, 9.17) is 4.74 Å². The third-order valence-electron chi connectivity index (χ3n) is 5.20. The molecule has 24 heavy (non-hydrogen) atoms. The smallest absolute Gasteiger partial charge is 0.411 e. The van der Waals surface area contributed by atoms with Crippen LogP contribution in [0.4, 0.5) is 4.79 Å². The first-order valence-corrected chi connectivity index (χ1v) is 8.55. The zero-order valence-corrected chi connectivity index (χ0v) is 14.1. The van der Waals surface area contributed by atoms with Crippen LogP contribution in [0.25, 0.3) is 0 Å². The number of phenolic OH excluding ortho intramolecular Hbond substituents is 1. The fraction of sp³-hybridized carbons (Fsp3) is 0.556. The van der Waals surface area contributed by atoms with Crippen LogP contribution in [0.1, 0.15) is 51.1 Å². The van der Waals surface area contributed by atoms with Gasteiger partial charge in [-0.15, -0.1) is 0 Å². The van der Waals surface area contributed by atoms with E-state index in [1.54, 1.807) is 29.2 Å². The van der Waals surface area contributed by atoms with Gasteiger partial charge in [-0.1, -0.05) is 19.1 Å². The number of amides is 2. The van der Waals surface area contributed by atoms with Crippen LogP contribution < -0.4 is 5.32 Å². The SMILES string of the molecule is CCC(C)OC(=O)N1[C@@H](c2ccc(O)cc2)CC[C@]12CCNC2=O. The topological polar surface area (TPSA) is 78.9 Å². The lowest BCUT2D eigenvalue weighted by atomic mass is 9.95. The molecule has 0 aliphatic carbocycles. The van der Waals surface area contributed by atoms with E-state index in [0.717, 1.165) is 12.0 Å². The minimum Gasteiger partial charge on any atom is -0.508 e. The van der Waals surface area contributed by atoms with Crippen LogP contribution in [-0.4, -0.2) is 40.2 Å². The fourth-order valence-electron chi connectivity index (χ4n) is 3.68. The average molecular weight is 332 g/mol. The molecule has 0 radical (unpaired) electrons. The van der Waals surface area contributed by atoms with Crippen LogP contribution in [0.3, 0.4) is 0 Å². The van der Waals surface area contributed by atoms with E-state index in [-0.39, 0.29) is 23.8 Å². The van der Waals surface area contributed by atoms with Gasteiger partial charge in [0.1, 0.15) is 17.4 Å². The maximum atomic E-state index is 12.8. The predicted molar refractivity (Wildman–Crippen MR) is 88.5 cm³/mol. The van der Waals surface area contributed by atoms with Crippen LogP contribution >= 0.6 is 0 Å². The standard InChI is InChI=1S/C18H24N2O4/c1-3-12(2)24-17(23)20-15(13-4-6-14(21)7-5-13)8-9-18(20)10-11-19-16(18)22/h4-7,12,15,21H,3,8-11H2,1-2H3,(H,19,22)/t12?,15-,18-/m1/s1. The Bertz CT molecular complexity index is 630. The quantitative estimate of drug-likeness (QED) is 0.892. The molecule has 2 aliphatic rings. The van der Waals surface area contributed by atoms with Crippen molar-refractivity contribution >= 4 is 12.0 Å². The largest absolute Gasteiger partial charge is 0.508 e. The lowest BCUT2D eigenvalue weighted by Gasteiger charge is -2.36. The molecule has 2 amide bonds. The van der Waals surface area contributed by atoms with E-state index in [2.05, 4.69) is 5.32 Å². The molecule has 2 N–H and O–H groups in total. The van der Waals surface area contributed by atoms with Gasteiger partial charge in [0.25, 0.3) is 0 Å². The molecule has 2 heterocycles. The lowest BCUT2D eigenvalue weighted by Crippen LogP contribution is -2.53. The number of ether oxygens (including phenoxy) is 1. The highest BCUT2D eigenvalue weighted by molar-refractivity contribution is 5.92. The zero-order chi connectivity index (χ0) is 17.3. The predicted octanol–water partition coefficient (Wildman–Crippen LogP) is 2.72. The molecule has 1 spiro atoms. The summed E-state index contributed by atoms with van der Waals surface area (Å²) >= 11 is 0. The van der Waals surface area contributed by atoms with Crippen molar-refractivity contribution in [2.75, 3.05) is 6.54 Å². The number of nitrogens with one attached hydrogen (secondary N) is 1. The number of nitrogens with zero attached hydrogens (tertiary/aromatic N) is 1. The summed E-state index contributed by atoms with van der Waals surface area (Å²) < 4.78 is 5.55. The lowest BCUT2D eigenvalue weighted by molar-refractivity contribution is -0.128. The van der Waals surface area contributed by atoms with Crippen molar-refractivity contribution in [2.45, 2.75) is 57.2 Å². The second kappa shape index (κ2) is 6.34. The molecule has 0 bridgehead atoms. The summed E-state index contributed by atoms with van der Waals surface area (Å²) in [6.45, 7) is 4.39. The summed E-state index contributed by atoms with van der Waals surface area (Å²) in [6.07, 6.45) is 2.03. The first kappa shape index (κ1) is 16.6. The van der Waals surface area contributed by atoms with Crippen molar-refractivity contribution in [3.05, 3.63) is 29.8 Å². The number of carbonyl (C=O) groups is 2. The number of aromatic hydroxyl groups is 1. The maximum absolute atomic E-state index is 12.8. The van der Waals surface area contributed by atoms with Gasteiger partial charge in [0.15, 0.2) is 0 Å². The summed E-state index contributed by atoms with van der Waals surface area (Å²) in [6, 6.07) is 6.59. The van der Waals surface area contributed by atoms with Gasteiger partial charge < -0.3 is 15.2 Å². The Balaban J connectivity index is 1.94. The Kier molecular flexibility index (Phi) is 4.39. The number of hydrogen-bond acceptors (Lipinski definition) is 4. The Morgan fingerprint density at radius 2 is 2.12 bits per heavy atom. The molecule has 2 aliphatic heterocycles. The minimum absolute atomic E-state index is 0.0927. The second-order valence-corrected chi connectivity index (χ2v) is 6.66. The Labute approximate surface area is 141 Å². The molecule has 2 fully saturated rings. The number of benzene rings is 1. The summed E-state index contributed by atoms with van der Waals surface area (Å²) in [7, 11) is 0. The number of phenols is 1. The van der Waals surface area contributed by atoms with Gasteiger partial charge in [0.2, 0.25) is 5.91 Å². The van der Waals surface area contributed by atoms with Crippen LogP contribution in [0, 0.1) is 0 Å². The molecule has 1 unspecified atom stereocenters. The van der Waals surface area contributed by atoms with Gasteiger partial charge in [0.05, 0.1) is 6.04 Å². The third-order valence-corrected chi connectivity index (χ3v) is 5.20. The van der Waals surface area contributed by atoms with Crippen LogP contribution in [0.2, 0.25) is 0 Å². The molecule has 3 rings (SSSR count). The Hall–Kier alpha value is -2.24. The van der Waals surface area contributed by atoms with E-state index < -0.39 is 11.6 Å². The number of carbonyl (C=O) groups excluding carboxylic acids is 2. The van der Waals surface area contributed by atoms with E-state index >= 15 is 0 Å². The van der Waals surface area contributed by atoms with E-state index in [1.807, 2.05) is 13.8 Å². The molecule has 6 heteroatoms. The van der Waals surface area contributed by atoms with Crippen molar-refractivity contribution in [1.82, 2.24) is 10.2 Å². The number of rotatable bonds is 3. The van der Waals surface area contributed by atoms with E-state index in [0.29, 0.717) is 25.8 Å². The highest BCUT2D eigenvalue weighted by Gasteiger charge is 2.57. The highest BCUT2D eigenvalue weighted by atomic mass is 16.6. The summed E-state index contributed by atoms with van der Waals surface area (Å²) in [4.78, 5) is 27.0. The molecular formula is C18H24N2O4. The second-order valence-electron chi connectivity index (χ2n) is 6.66. The normalized spacial score (nSPS) is 27.3. The van der Waals surface area contributed by atoms with Crippen LogP contribution in [0.5, 0.6) is 5.75 Å². The van der Waals surface area contributed by atoms with Gasteiger partial charge >= 0.3 is 6.09 Å². The third kappa shape index (κ3) is 2.70. The molecule has 6 nitrogen and oxygen atoms in total. The van der Waals surface area contributed by atoms with Crippen molar-refractivity contribution in [2.24, 2.45) is 0 Å². The molecule has 130 valence electrons. The number of likely N-dealkylation sites (tertiary alicyclic amines) is 1. The molecular weight excluding hydrogens is 308 g/mol. The van der Waals surface area contributed by atoms with Crippen molar-refractivity contribution < 1.29 is 19.4 Å².